The average molecular weight is 337 g/mol. The van der Waals surface area contributed by atoms with Crippen LogP contribution in [0, 0.1) is 12.3 Å². The predicted octanol–water partition coefficient (Wildman–Crippen LogP) is 4.37. The van der Waals surface area contributed by atoms with E-state index < -0.39 is 8.32 Å². The van der Waals surface area contributed by atoms with Crippen LogP contribution in [0.2, 0.25) is 5.04 Å². The van der Waals surface area contributed by atoms with Crippen molar-refractivity contribution >= 4 is 18.7 Å². The lowest BCUT2D eigenvalue weighted by Gasteiger charge is -2.43. The van der Waals surface area contributed by atoms with Crippen LogP contribution < -0.4 is 10.4 Å². The van der Waals surface area contributed by atoms with E-state index in [4.69, 9.17) is 10.8 Å². The van der Waals surface area contributed by atoms with Crippen molar-refractivity contribution in [2.45, 2.75) is 45.1 Å². The van der Waals surface area contributed by atoms with Crippen molar-refractivity contribution < 1.29 is 4.43 Å². The third-order valence-electron chi connectivity index (χ3n) is 4.45. The summed E-state index contributed by atoms with van der Waals surface area (Å²) in [6.07, 6.45) is 8.22. The molecule has 0 bridgehead atoms. The Hall–Kier alpha value is -1.82. The van der Waals surface area contributed by atoms with Gasteiger partial charge in [-0.3, -0.25) is 0 Å². The normalized spacial score (nSPS) is 11.9. The molecule has 24 heavy (non-hydrogen) atoms. The lowest BCUT2D eigenvalue weighted by atomic mass is 10.2. The number of hydrogen-bond acceptors (Lipinski definition) is 1. The first kappa shape index (κ1) is 18.5. The van der Waals surface area contributed by atoms with E-state index in [0.29, 0.717) is 0 Å². The molecule has 2 rings (SSSR count). The van der Waals surface area contributed by atoms with Gasteiger partial charge in [0, 0.05) is 13.0 Å². The molecular formula is C22H28OSi. The number of benzene rings is 2. The zero-order chi connectivity index (χ0) is 17.5. The van der Waals surface area contributed by atoms with Crippen molar-refractivity contribution in [3.05, 3.63) is 60.7 Å². The van der Waals surface area contributed by atoms with Gasteiger partial charge in [-0.05, 0) is 28.3 Å². The smallest absolute Gasteiger partial charge is 0.261 e. The van der Waals surface area contributed by atoms with E-state index >= 15 is 0 Å². The highest BCUT2D eigenvalue weighted by molar-refractivity contribution is 6.99. The van der Waals surface area contributed by atoms with E-state index in [1.54, 1.807) is 0 Å². The van der Waals surface area contributed by atoms with Crippen LogP contribution in [0.1, 0.15) is 40.0 Å². The number of unbranched alkanes of at least 4 members (excludes halogenated alkanes) is 2. The van der Waals surface area contributed by atoms with E-state index in [1.165, 1.54) is 10.4 Å². The summed E-state index contributed by atoms with van der Waals surface area (Å²) in [6, 6.07) is 21.5. The molecule has 0 aliphatic heterocycles. The Kier molecular flexibility index (Phi) is 6.42. The van der Waals surface area contributed by atoms with Gasteiger partial charge in [0.05, 0.1) is 0 Å². The minimum absolute atomic E-state index is 0.0435. The standard InChI is InChI=1S/C22H28OSi/c1-5-6-7-14-19-23-24(22(2,3)4,20-15-10-8-11-16-20)21-17-12-9-13-18-21/h1,8-13,15-18H,6-7,14,19H2,2-4H3. The Morgan fingerprint density at radius 1 is 0.875 bits per heavy atom. The van der Waals surface area contributed by atoms with Crippen LogP contribution >= 0.6 is 0 Å². The van der Waals surface area contributed by atoms with Gasteiger partial charge in [-0.15, -0.1) is 12.3 Å². The van der Waals surface area contributed by atoms with Crippen molar-refractivity contribution in [3.63, 3.8) is 0 Å². The van der Waals surface area contributed by atoms with Crippen LogP contribution in [-0.2, 0) is 4.43 Å². The van der Waals surface area contributed by atoms with Gasteiger partial charge in [-0.2, -0.15) is 0 Å². The molecule has 0 aliphatic rings. The molecule has 0 saturated carbocycles. The molecule has 0 radical (unpaired) electrons. The first-order valence-electron chi connectivity index (χ1n) is 8.71. The predicted molar refractivity (Wildman–Crippen MR) is 106 cm³/mol. The van der Waals surface area contributed by atoms with E-state index in [1.807, 2.05) is 0 Å². The fourth-order valence-electron chi connectivity index (χ4n) is 3.32. The van der Waals surface area contributed by atoms with Crippen LogP contribution in [0.15, 0.2) is 60.7 Å². The number of terminal acetylenes is 1. The van der Waals surface area contributed by atoms with Gasteiger partial charge < -0.3 is 4.43 Å². The second kappa shape index (κ2) is 8.33. The van der Waals surface area contributed by atoms with Crippen molar-refractivity contribution in [1.82, 2.24) is 0 Å². The molecule has 0 aromatic heterocycles. The summed E-state index contributed by atoms with van der Waals surface area (Å²) in [5.41, 5.74) is 0. The maximum Gasteiger partial charge on any atom is 0.261 e. The molecule has 2 aromatic rings. The molecule has 0 heterocycles. The van der Waals surface area contributed by atoms with E-state index in [-0.39, 0.29) is 5.04 Å². The van der Waals surface area contributed by atoms with Crippen molar-refractivity contribution in [3.8, 4) is 12.3 Å². The second-order valence-corrected chi connectivity index (χ2v) is 11.5. The Bertz CT molecular complexity index is 610. The van der Waals surface area contributed by atoms with E-state index in [2.05, 4.69) is 87.4 Å². The van der Waals surface area contributed by atoms with E-state index in [0.717, 1.165) is 25.9 Å². The highest BCUT2D eigenvalue weighted by atomic mass is 28.4. The lowest BCUT2D eigenvalue weighted by molar-refractivity contribution is 0.289. The van der Waals surface area contributed by atoms with Crippen molar-refractivity contribution in [2.75, 3.05) is 6.61 Å². The molecular weight excluding hydrogens is 308 g/mol. The Morgan fingerprint density at radius 3 is 1.79 bits per heavy atom. The Morgan fingerprint density at radius 2 is 1.38 bits per heavy atom. The molecule has 0 unspecified atom stereocenters. The Balaban J connectivity index is 2.44. The minimum atomic E-state index is -2.36. The fraction of sp³-hybridized carbons (Fsp3) is 0.364. The summed E-state index contributed by atoms with van der Waals surface area (Å²) in [5.74, 6) is 2.71. The molecule has 2 aromatic carbocycles. The maximum absolute atomic E-state index is 6.78. The summed E-state index contributed by atoms with van der Waals surface area (Å²) in [6.45, 7) is 7.68. The molecule has 0 aliphatic carbocycles. The molecule has 0 fully saturated rings. The van der Waals surface area contributed by atoms with Crippen LogP contribution in [0.4, 0.5) is 0 Å². The molecule has 0 atom stereocenters. The third kappa shape index (κ3) is 3.98. The summed E-state index contributed by atoms with van der Waals surface area (Å²) in [7, 11) is -2.36. The molecule has 0 N–H and O–H groups in total. The molecule has 0 saturated heterocycles. The van der Waals surface area contributed by atoms with Crippen molar-refractivity contribution in [2.24, 2.45) is 0 Å². The van der Waals surface area contributed by atoms with E-state index in [9.17, 15) is 0 Å². The fourth-order valence-corrected chi connectivity index (χ4v) is 7.92. The van der Waals surface area contributed by atoms with Gasteiger partial charge in [0.15, 0.2) is 0 Å². The van der Waals surface area contributed by atoms with Gasteiger partial charge in [-0.1, -0.05) is 81.4 Å². The largest absolute Gasteiger partial charge is 0.407 e. The van der Waals surface area contributed by atoms with Gasteiger partial charge in [0.1, 0.15) is 0 Å². The summed E-state index contributed by atoms with van der Waals surface area (Å²) in [5, 5.41) is 2.71. The van der Waals surface area contributed by atoms with Crippen LogP contribution in [-0.4, -0.2) is 14.9 Å². The number of rotatable bonds is 7. The second-order valence-electron chi connectivity index (χ2n) is 7.17. The quantitative estimate of drug-likeness (QED) is 0.414. The van der Waals surface area contributed by atoms with Crippen molar-refractivity contribution in [1.29, 1.82) is 0 Å². The highest BCUT2D eigenvalue weighted by Crippen LogP contribution is 2.36. The summed E-state index contributed by atoms with van der Waals surface area (Å²) >= 11 is 0. The summed E-state index contributed by atoms with van der Waals surface area (Å²) < 4.78 is 6.78. The lowest BCUT2D eigenvalue weighted by Crippen LogP contribution is -2.66. The molecule has 126 valence electrons. The monoisotopic (exact) mass is 336 g/mol. The van der Waals surface area contributed by atoms with Crippen LogP contribution in [0.3, 0.4) is 0 Å². The minimum Gasteiger partial charge on any atom is -0.407 e. The zero-order valence-corrected chi connectivity index (χ0v) is 16.1. The molecule has 0 spiro atoms. The SMILES string of the molecule is C#CCCCCO[Si](c1ccccc1)(c1ccccc1)C(C)(C)C. The molecule has 1 nitrogen and oxygen atoms in total. The number of hydrogen-bond donors (Lipinski definition) is 0. The zero-order valence-electron chi connectivity index (χ0n) is 15.1. The van der Waals surface area contributed by atoms with Gasteiger partial charge in [0.25, 0.3) is 8.32 Å². The Labute approximate surface area is 148 Å². The van der Waals surface area contributed by atoms with Gasteiger partial charge in [-0.25, -0.2) is 0 Å². The van der Waals surface area contributed by atoms with Gasteiger partial charge in [0.2, 0.25) is 0 Å². The third-order valence-corrected chi connectivity index (χ3v) is 9.49. The van der Waals surface area contributed by atoms with Gasteiger partial charge >= 0.3 is 0 Å². The first-order valence-corrected chi connectivity index (χ1v) is 10.6. The molecule has 2 heteroatoms. The highest BCUT2D eigenvalue weighted by Gasteiger charge is 2.49. The average Bonchev–Trinajstić information content (AvgIpc) is 2.59. The summed E-state index contributed by atoms with van der Waals surface area (Å²) in [4.78, 5) is 0. The molecule has 0 amide bonds. The first-order chi connectivity index (χ1) is 11.5. The topological polar surface area (TPSA) is 9.23 Å². The maximum atomic E-state index is 6.78. The van der Waals surface area contributed by atoms with Crippen LogP contribution in [0.5, 0.6) is 0 Å². The van der Waals surface area contributed by atoms with Crippen LogP contribution in [0.25, 0.3) is 0 Å².